The quantitative estimate of drug-likeness (QED) is 0.780. The van der Waals surface area contributed by atoms with E-state index in [2.05, 4.69) is 0 Å². The average molecular weight is 194 g/mol. The van der Waals surface area contributed by atoms with Crippen molar-refractivity contribution in [1.29, 1.82) is 0 Å². The standard InChI is InChI=1S/C12H18O2/c1-3-11(13)12(4-2)14-10-8-6-5-7-9-10/h5-9,11-13H,3-4H2,1-2H3. The van der Waals surface area contributed by atoms with E-state index < -0.39 is 0 Å². The van der Waals surface area contributed by atoms with Gasteiger partial charge in [0, 0.05) is 0 Å². The Balaban J connectivity index is 2.57. The van der Waals surface area contributed by atoms with Crippen LogP contribution in [0.15, 0.2) is 30.3 Å². The summed E-state index contributed by atoms with van der Waals surface area (Å²) < 4.78 is 5.67. The highest BCUT2D eigenvalue weighted by molar-refractivity contribution is 5.21. The summed E-state index contributed by atoms with van der Waals surface area (Å²) in [6.45, 7) is 3.98. The highest BCUT2D eigenvalue weighted by atomic mass is 16.5. The van der Waals surface area contributed by atoms with Crippen molar-refractivity contribution in [3.63, 3.8) is 0 Å². The van der Waals surface area contributed by atoms with Crippen LogP contribution >= 0.6 is 0 Å². The van der Waals surface area contributed by atoms with Crippen LogP contribution in [0.3, 0.4) is 0 Å². The molecule has 1 aromatic rings. The minimum Gasteiger partial charge on any atom is -0.488 e. The predicted molar refractivity (Wildman–Crippen MR) is 57.4 cm³/mol. The van der Waals surface area contributed by atoms with Crippen LogP contribution in [0.4, 0.5) is 0 Å². The summed E-state index contributed by atoms with van der Waals surface area (Å²) in [6.07, 6.45) is 1.08. The van der Waals surface area contributed by atoms with Crippen molar-refractivity contribution in [3.8, 4) is 5.75 Å². The van der Waals surface area contributed by atoms with Crippen LogP contribution in [0.25, 0.3) is 0 Å². The summed E-state index contributed by atoms with van der Waals surface area (Å²) >= 11 is 0. The summed E-state index contributed by atoms with van der Waals surface area (Å²) in [7, 11) is 0. The van der Waals surface area contributed by atoms with E-state index in [4.69, 9.17) is 4.74 Å². The van der Waals surface area contributed by atoms with Gasteiger partial charge in [-0.2, -0.15) is 0 Å². The van der Waals surface area contributed by atoms with Crippen molar-refractivity contribution in [1.82, 2.24) is 0 Å². The molecule has 0 bridgehead atoms. The molecule has 0 radical (unpaired) electrons. The van der Waals surface area contributed by atoms with E-state index in [1.807, 2.05) is 44.2 Å². The van der Waals surface area contributed by atoms with Gasteiger partial charge < -0.3 is 9.84 Å². The Morgan fingerprint density at radius 2 is 1.79 bits per heavy atom. The summed E-state index contributed by atoms with van der Waals surface area (Å²) in [5.74, 6) is 0.826. The van der Waals surface area contributed by atoms with E-state index in [0.29, 0.717) is 0 Å². The largest absolute Gasteiger partial charge is 0.488 e. The Hall–Kier alpha value is -1.02. The first-order valence-electron chi connectivity index (χ1n) is 5.17. The molecule has 78 valence electrons. The van der Waals surface area contributed by atoms with Crippen LogP contribution in [0, 0.1) is 0 Å². The highest BCUT2D eigenvalue weighted by Crippen LogP contribution is 2.15. The average Bonchev–Trinajstić information content (AvgIpc) is 2.26. The second-order valence-electron chi connectivity index (χ2n) is 3.35. The SMILES string of the molecule is CCC(O)C(CC)Oc1ccccc1. The molecule has 0 aliphatic carbocycles. The Labute approximate surface area is 85.5 Å². The van der Waals surface area contributed by atoms with Gasteiger partial charge in [0.25, 0.3) is 0 Å². The van der Waals surface area contributed by atoms with E-state index in [9.17, 15) is 5.11 Å². The van der Waals surface area contributed by atoms with E-state index in [0.717, 1.165) is 18.6 Å². The zero-order chi connectivity index (χ0) is 10.4. The third-order valence-electron chi connectivity index (χ3n) is 2.28. The van der Waals surface area contributed by atoms with Crippen LogP contribution in [0.1, 0.15) is 26.7 Å². The molecule has 0 heterocycles. The maximum Gasteiger partial charge on any atom is 0.124 e. The second kappa shape index (κ2) is 5.66. The van der Waals surface area contributed by atoms with Gasteiger partial charge in [0.15, 0.2) is 0 Å². The van der Waals surface area contributed by atoms with Crippen LogP contribution < -0.4 is 4.74 Å². The molecule has 0 saturated carbocycles. The van der Waals surface area contributed by atoms with Crippen LogP contribution in [0.2, 0.25) is 0 Å². The van der Waals surface area contributed by atoms with Gasteiger partial charge in [0.05, 0.1) is 6.10 Å². The van der Waals surface area contributed by atoms with Crippen molar-refractivity contribution in [2.45, 2.75) is 38.9 Å². The van der Waals surface area contributed by atoms with Crippen molar-refractivity contribution >= 4 is 0 Å². The molecule has 2 atom stereocenters. The van der Waals surface area contributed by atoms with Gasteiger partial charge in [-0.15, -0.1) is 0 Å². The first kappa shape index (κ1) is 11.1. The Morgan fingerprint density at radius 1 is 1.14 bits per heavy atom. The van der Waals surface area contributed by atoms with Crippen LogP contribution in [-0.4, -0.2) is 17.3 Å². The Kier molecular flexibility index (Phi) is 4.47. The monoisotopic (exact) mass is 194 g/mol. The normalized spacial score (nSPS) is 14.8. The topological polar surface area (TPSA) is 29.5 Å². The predicted octanol–water partition coefficient (Wildman–Crippen LogP) is 2.61. The number of rotatable bonds is 5. The highest BCUT2D eigenvalue weighted by Gasteiger charge is 2.16. The molecule has 1 aromatic carbocycles. The van der Waals surface area contributed by atoms with Crippen LogP contribution in [0.5, 0.6) is 5.75 Å². The molecule has 2 nitrogen and oxygen atoms in total. The third kappa shape index (κ3) is 3.04. The molecular formula is C12H18O2. The summed E-state index contributed by atoms with van der Waals surface area (Å²) in [5, 5.41) is 9.65. The van der Waals surface area contributed by atoms with Gasteiger partial charge in [-0.1, -0.05) is 32.0 Å². The van der Waals surface area contributed by atoms with Gasteiger partial charge in [-0.05, 0) is 25.0 Å². The summed E-state index contributed by atoms with van der Waals surface area (Å²) in [6, 6.07) is 9.63. The smallest absolute Gasteiger partial charge is 0.124 e. The Morgan fingerprint density at radius 3 is 2.29 bits per heavy atom. The van der Waals surface area contributed by atoms with Gasteiger partial charge in [-0.3, -0.25) is 0 Å². The molecule has 1 rings (SSSR count). The number of hydrogen-bond donors (Lipinski definition) is 1. The minimum absolute atomic E-state index is 0.0950. The fourth-order valence-electron chi connectivity index (χ4n) is 1.37. The fraction of sp³-hybridized carbons (Fsp3) is 0.500. The molecule has 0 aliphatic rings. The summed E-state index contributed by atoms with van der Waals surface area (Å²) in [4.78, 5) is 0. The van der Waals surface area contributed by atoms with E-state index in [-0.39, 0.29) is 12.2 Å². The number of aliphatic hydroxyl groups is 1. The molecule has 0 amide bonds. The Bertz CT molecular complexity index is 246. The zero-order valence-electron chi connectivity index (χ0n) is 8.81. The molecule has 14 heavy (non-hydrogen) atoms. The number of para-hydroxylation sites is 1. The fourth-order valence-corrected chi connectivity index (χ4v) is 1.37. The number of aliphatic hydroxyl groups excluding tert-OH is 1. The third-order valence-corrected chi connectivity index (χ3v) is 2.28. The van der Waals surface area contributed by atoms with E-state index in [1.165, 1.54) is 0 Å². The first-order chi connectivity index (χ1) is 6.77. The lowest BCUT2D eigenvalue weighted by molar-refractivity contribution is 0.0320. The lowest BCUT2D eigenvalue weighted by Gasteiger charge is -2.21. The molecule has 2 unspecified atom stereocenters. The number of hydrogen-bond acceptors (Lipinski definition) is 2. The maximum atomic E-state index is 9.65. The molecule has 0 saturated heterocycles. The molecule has 0 fully saturated rings. The molecule has 0 aliphatic heterocycles. The van der Waals surface area contributed by atoms with Crippen molar-refractivity contribution in [2.24, 2.45) is 0 Å². The number of ether oxygens (including phenoxy) is 1. The van der Waals surface area contributed by atoms with Gasteiger partial charge in [-0.25, -0.2) is 0 Å². The van der Waals surface area contributed by atoms with E-state index >= 15 is 0 Å². The molecule has 0 spiro atoms. The maximum absolute atomic E-state index is 9.65. The lowest BCUT2D eigenvalue weighted by Crippen LogP contribution is -2.30. The minimum atomic E-state index is -0.375. The lowest BCUT2D eigenvalue weighted by atomic mass is 10.1. The van der Waals surface area contributed by atoms with Gasteiger partial charge in [0.2, 0.25) is 0 Å². The molecular weight excluding hydrogens is 176 g/mol. The van der Waals surface area contributed by atoms with Crippen molar-refractivity contribution in [2.75, 3.05) is 0 Å². The first-order valence-corrected chi connectivity index (χ1v) is 5.17. The second-order valence-corrected chi connectivity index (χ2v) is 3.35. The summed E-state index contributed by atoms with van der Waals surface area (Å²) in [5.41, 5.74) is 0. The molecule has 0 aromatic heterocycles. The van der Waals surface area contributed by atoms with Gasteiger partial charge in [0.1, 0.15) is 11.9 Å². The van der Waals surface area contributed by atoms with Gasteiger partial charge >= 0.3 is 0 Å². The van der Waals surface area contributed by atoms with Crippen molar-refractivity contribution in [3.05, 3.63) is 30.3 Å². The van der Waals surface area contributed by atoms with Crippen LogP contribution in [-0.2, 0) is 0 Å². The molecule has 2 heteroatoms. The number of benzene rings is 1. The van der Waals surface area contributed by atoms with Crippen molar-refractivity contribution < 1.29 is 9.84 Å². The zero-order valence-corrected chi connectivity index (χ0v) is 8.81. The molecule has 1 N–H and O–H groups in total. The van der Waals surface area contributed by atoms with E-state index in [1.54, 1.807) is 0 Å².